The SMILES string of the molecule is COc1ccc(NC(=O)COc2ccc(Br)cc2)cc1NC(C)=O. The zero-order valence-electron chi connectivity index (χ0n) is 13.3. The molecule has 0 bridgehead atoms. The molecule has 0 spiro atoms. The van der Waals surface area contributed by atoms with Crippen molar-refractivity contribution in [3.05, 3.63) is 46.9 Å². The van der Waals surface area contributed by atoms with Crippen LogP contribution in [-0.2, 0) is 9.59 Å². The van der Waals surface area contributed by atoms with Gasteiger partial charge >= 0.3 is 0 Å². The lowest BCUT2D eigenvalue weighted by atomic mass is 10.2. The minimum atomic E-state index is -0.308. The molecule has 2 amide bonds. The molecule has 0 unspecified atom stereocenters. The monoisotopic (exact) mass is 392 g/mol. The van der Waals surface area contributed by atoms with E-state index in [0.29, 0.717) is 22.9 Å². The first-order chi connectivity index (χ1) is 11.5. The van der Waals surface area contributed by atoms with Crippen molar-refractivity contribution in [2.24, 2.45) is 0 Å². The van der Waals surface area contributed by atoms with E-state index in [4.69, 9.17) is 9.47 Å². The third-order valence-electron chi connectivity index (χ3n) is 2.98. The van der Waals surface area contributed by atoms with Crippen LogP contribution in [0.3, 0.4) is 0 Å². The summed E-state index contributed by atoms with van der Waals surface area (Å²) in [5.74, 6) is 0.573. The molecule has 0 atom stereocenters. The number of amides is 2. The smallest absolute Gasteiger partial charge is 0.262 e. The third kappa shape index (κ3) is 5.27. The number of anilines is 2. The Kier molecular flexibility index (Phi) is 6.20. The summed E-state index contributed by atoms with van der Waals surface area (Å²) in [6.45, 7) is 1.28. The van der Waals surface area contributed by atoms with Crippen LogP contribution < -0.4 is 20.1 Å². The van der Waals surface area contributed by atoms with Crippen LogP contribution in [0.2, 0.25) is 0 Å². The summed E-state index contributed by atoms with van der Waals surface area (Å²) >= 11 is 3.33. The van der Waals surface area contributed by atoms with Crippen LogP contribution in [0, 0.1) is 0 Å². The summed E-state index contributed by atoms with van der Waals surface area (Å²) in [5.41, 5.74) is 1.01. The van der Waals surface area contributed by atoms with Crippen LogP contribution in [0.25, 0.3) is 0 Å². The van der Waals surface area contributed by atoms with Gasteiger partial charge in [0.05, 0.1) is 12.8 Å². The molecule has 0 fully saturated rings. The summed E-state index contributed by atoms with van der Waals surface area (Å²) in [7, 11) is 1.50. The second-order valence-electron chi connectivity index (χ2n) is 4.89. The Labute approximate surface area is 148 Å². The lowest BCUT2D eigenvalue weighted by Crippen LogP contribution is -2.20. The molecule has 0 heterocycles. The molecule has 0 aliphatic heterocycles. The Morgan fingerprint density at radius 1 is 1.08 bits per heavy atom. The number of ether oxygens (including phenoxy) is 2. The highest BCUT2D eigenvalue weighted by atomic mass is 79.9. The zero-order chi connectivity index (χ0) is 17.5. The first-order valence-corrected chi connectivity index (χ1v) is 7.91. The number of hydrogen-bond acceptors (Lipinski definition) is 4. The van der Waals surface area contributed by atoms with Gasteiger partial charge in [0.25, 0.3) is 5.91 Å². The number of hydrogen-bond donors (Lipinski definition) is 2. The average Bonchev–Trinajstić information content (AvgIpc) is 2.54. The Hall–Kier alpha value is -2.54. The molecule has 0 saturated carbocycles. The van der Waals surface area contributed by atoms with E-state index in [1.165, 1.54) is 14.0 Å². The predicted molar refractivity (Wildman–Crippen MR) is 95.6 cm³/mol. The molecule has 0 saturated heterocycles. The predicted octanol–water partition coefficient (Wildman–Crippen LogP) is 3.43. The van der Waals surface area contributed by atoms with Crippen LogP contribution in [0.4, 0.5) is 11.4 Å². The van der Waals surface area contributed by atoms with E-state index < -0.39 is 0 Å². The van der Waals surface area contributed by atoms with Crippen LogP contribution >= 0.6 is 15.9 Å². The van der Waals surface area contributed by atoms with E-state index in [0.717, 1.165) is 4.47 Å². The van der Waals surface area contributed by atoms with Crippen molar-refractivity contribution in [2.45, 2.75) is 6.92 Å². The zero-order valence-corrected chi connectivity index (χ0v) is 14.8. The van der Waals surface area contributed by atoms with Crippen LogP contribution in [0.15, 0.2) is 46.9 Å². The largest absolute Gasteiger partial charge is 0.495 e. The number of methoxy groups -OCH3 is 1. The maximum atomic E-state index is 12.0. The first kappa shape index (κ1) is 17.8. The summed E-state index contributed by atoms with van der Waals surface area (Å²) in [4.78, 5) is 23.2. The highest BCUT2D eigenvalue weighted by Gasteiger charge is 2.09. The fraction of sp³-hybridized carbons (Fsp3) is 0.176. The van der Waals surface area contributed by atoms with Crippen LogP contribution in [0.5, 0.6) is 11.5 Å². The van der Waals surface area contributed by atoms with E-state index in [-0.39, 0.29) is 18.4 Å². The van der Waals surface area contributed by atoms with Gasteiger partial charge in [0.1, 0.15) is 11.5 Å². The van der Waals surface area contributed by atoms with Gasteiger partial charge in [0.2, 0.25) is 5.91 Å². The maximum Gasteiger partial charge on any atom is 0.262 e. The van der Waals surface area contributed by atoms with Crippen LogP contribution in [0.1, 0.15) is 6.92 Å². The highest BCUT2D eigenvalue weighted by molar-refractivity contribution is 9.10. The van der Waals surface area contributed by atoms with Gasteiger partial charge in [-0.05, 0) is 42.5 Å². The molecule has 0 aliphatic rings. The van der Waals surface area contributed by atoms with E-state index in [2.05, 4.69) is 26.6 Å². The summed E-state index contributed by atoms with van der Waals surface area (Å²) < 4.78 is 11.5. The highest BCUT2D eigenvalue weighted by Crippen LogP contribution is 2.27. The maximum absolute atomic E-state index is 12.0. The van der Waals surface area contributed by atoms with Crippen molar-refractivity contribution in [3.8, 4) is 11.5 Å². The lowest BCUT2D eigenvalue weighted by molar-refractivity contribution is -0.118. The Balaban J connectivity index is 1.97. The van der Waals surface area contributed by atoms with E-state index in [9.17, 15) is 9.59 Å². The van der Waals surface area contributed by atoms with Gasteiger partial charge in [-0.3, -0.25) is 9.59 Å². The molecule has 2 N–H and O–H groups in total. The number of rotatable bonds is 6. The van der Waals surface area contributed by atoms with Crippen molar-refractivity contribution in [1.82, 2.24) is 0 Å². The fourth-order valence-electron chi connectivity index (χ4n) is 1.95. The van der Waals surface area contributed by atoms with Gasteiger partial charge in [-0.25, -0.2) is 0 Å². The number of halogens is 1. The molecular formula is C17H17BrN2O4. The second kappa shape index (κ2) is 8.35. The second-order valence-corrected chi connectivity index (χ2v) is 5.80. The van der Waals surface area contributed by atoms with Gasteiger partial charge in [0.15, 0.2) is 6.61 Å². The number of nitrogens with one attached hydrogen (secondary N) is 2. The Bertz CT molecular complexity index is 732. The summed E-state index contributed by atoms with van der Waals surface area (Å²) in [5, 5.41) is 5.36. The summed E-state index contributed by atoms with van der Waals surface area (Å²) in [6.07, 6.45) is 0. The molecule has 2 aromatic carbocycles. The minimum Gasteiger partial charge on any atom is -0.495 e. The third-order valence-corrected chi connectivity index (χ3v) is 3.51. The molecule has 2 aromatic rings. The van der Waals surface area contributed by atoms with Crippen molar-refractivity contribution in [1.29, 1.82) is 0 Å². The Morgan fingerprint density at radius 3 is 2.42 bits per heavy atom. The fourth-order valence-corrected chi connectivity index (χ4v) is 2.21. The van der Waals surface area contributed by atoms with Crippen molar-refractivity contribution in [3.63, 3.8) is 0 Å². The molecule has 7 heteroatoms. The number of carbonyl (C=O) groups excluding carboxylic acids is 2. The minimum absolute atomic E-state index is 0.122. The average molecular weight is 393 g/mol. The topological polar surface area (TPSA) is 76.7 Å². The molecule has 6 nitrogen and oxygen atoms in total. The molecule has 0 aliphatic carbocycles. The normalized spacial score (nSPS) is 9.96. The Morgan fingerprint density at radius 2 is 1.79 bits per heavy atom. The van der Waals surface area contributed by atoms with Gasteiger partial charge < -0.3 is 20.1 Å². The first-order valence-electron chi connectivity index (χ1n) is 7.12. The molecule has 2 rings (SSSR count). The van der Waals surface area contributed by atoms with Crippen molar-refractivity contribution in [2.75, 3.05) is 24.4 Å². The standard InChI is InChI=1S/C17H17BrN2O4/c1-11(21)19-15-9-13(5-8-16(15)23-2)20-17(22)10-24-14-6-3-12(18)4-7-14/h3-9H,10H2,1-2H3,(H,19,21)(H,20,22). The van der Waals surface area contributed by atoms with E-state index in [1.807, 2.05) is 12.1 Å². The van der Waals surface area contributed by atoms with Crippen molar-refractivity contribution >= 4 is 39.1 Å². The molecular weight excluding hydrogens is 376 g/mol. The molecule has 0 radical (unpaired) electrons. The van der Waals surface area contributed by atoms with Crippen molar-refractivity contribution < 1.29 is 19.1 Å². The lowest BCUT2D eigenvalue weighted by Gasteiger charge is -2.12. The number of carbonyl (C=O) groups is 2. The quantitative estimate of drug-likeness (QED) is 0.789. The van der Waals surface area contributed by atoms with Gasteiger partial charge in [-0.15, -0.1) is 0 Å². The van der Waals surface area contributed by atoms with E-state index >= 15 is 0 Å². The van der Waals surface area contributed by atoms with E-state index in [1.54, 1.807) is 30.3 Å². The van der Waals surface area contributed by atoms with Crippen LogP contribution in [-0.4, -0.2) is 25.5 Å². The van der Waals surface area contributed by atoms with Gasteiger partial charge in [-0.1, -0.05) is 15.9 Å². The van der Waals surface area contributed by atoms with Gasteiger partial charge in [-0.2, -0.15) is 0 Å². The summed E-state index contributed by atoms with van der Waals surface area (Å²) in [6, 6.07) is 12.2. The molecule has 126 valence electrons. The molecule has 0 aromatic heterocycles. The molecule has 24 heavy (non-hydrogen) atoms. The van der Waals surface area contributed by atoms with Gasteiger partial charge in [0, 0.05) is 17.1 Å². The number of benzene rings is 2.